The number of fused-ring (bicyclic) bond motifs is 1. The van der Waals surface area contributed by atoms with Crippen molar-refractivity contribution < 1.29 is 0 Å². The van der Waals surface area contributed by atoms with Crippen LogP contribution in [0.15, 0.2) is 47.3 Å². The fourth-order valence-corrected chi connectivity index (χ4v) is 2.91. The number of aromatic nitrogens is 2. The third-order valence-electron chi connectivity index (χ3n) is 4.38. The van der Waals surface area contributed by atoms with E-state index in [0.29, 0.717) is 17.8 Å². The van der Waals surface area contributed by atoms with Crippen LogP contribution in [0.2, 0.25) is 0 Å². The average Bonchev–Trinajstić information content (AvgIpc) is 2.57. The van der Waals surface area contributed by atoms with Crippen LogP contribution >= 0.6 is 0 Å². The first-order valence-electron chi connectivity index (χ1n) is 8.33. The molecule has 4 nitrogen and oxygen atoms in total. The second-order valence-corrected chi connectivity index (χ2v) is 6.26. The number of para-hydroxylation sites is 1. The first kappa shape index (κ1) is 16.4. The van der Waals surface area contributed by atoms with E-state index >= 15 is 0 Å². The monoisotopic (exact) mass is 321 g/mol. The number of H-pyrrole nitrogens is 1. The topological polar surface area (TPSA) is 49.0 Å². The van der Waals surface area contributed by atoms with Gasteiger partial charge >= 0.3 is 0 Å². The second kappa shape index (κ2) is 6.97. The van der Waals surface area contributed by atoms with E-state index in [1.54, 1.807) is 6.07 Å². The van der Waals surface area contributed by atoms with Crippen LogP contribution in [0.3, 0.4) is 0 Å². The summed E-state index contributed by atoms with van der Waals surface area (Å²) >= 11 is 0. The summed E-state index contributed by atoms with van der Waals surface area (Å²) < 4.78 is 0. The molecule has 124 valence electrons. The second-order valence-electron chi connectivity index (χ2n) is 6.26. The van der Waals surface area contributed by atoms with E-state index in [9.17, 15) is 4.79 Å². The largest absolute Gasteiger partial charge is 0.309 e. The number of nitrogens with one attached hydrogen (secondary N) is 1. The molecule has 0 saturated carbocycles. The normalized spacial score (nSPS) is 11.3. The van der Waals surface area contributed by atoms with Crippen LogP contribution in [-0.4, -0.2) is 21.4 Å². The van der Waals surface area contributed by atoms with Gasteiger partial charge in [0.2, 0.25) is 0 Å². The zero-order chi connectivity index (χ0) is 17.1. The Morgan fingerprint density at radius 2 is 1.88 bits per heavy atom. The van der Waals surface area contributed by atoms with Gasteiger partial charge < -0.3 is 4.98 Å². The number of rotatable bonds is 5. The molecule has 1 heterocycles. The van der Waals surface area contributed by atoms with Crippen LogP contribution in [0, 0.1) is 13.8 Å². The lowest BCUT2D eigenvalue weighted by Crippen LogP contribution is -2.25. The quantitative estimate of drug-likeness (QED) is 0.781. The Bertz CT molecular complexity index is 914. The minimum Gasteiger partial charge on any atom is -0.309 e. The summed E-state index contributed by atoms with van der Waals surface area (Å²) in [4.78, 5) is 22.0. The van der Waals surface area contributed by atoms with Crippen molar-refractivity contribution in [2.45, 2.75) is 33.9 Å². The SMILES string of the molecule is CCN(Cc1nc2ccccc2c(=O)[nH]1)Cc1cc(C)ccc1C. The molecule has 24 heavy (non-hydrogen) atoms. The third-order valence-corrected chi connectivity index (χ3v) is 4.38. The standard InChI is InChI=1S/C20H23N3O/c1-4-23(12-16-11-14(2)9-10-15(16)3)13-19-21-18-8-6-5-7-17(18)20(24)22-19/h5-11H,4,12-13H2,1-3H3,(H,21,22,24). The predicted molar refractivity (Wildman–Crippen MR) is 98.1 cm³/mol. The molecule has 0 saturated heterocycles. The lowest BCUT2D eigenvalue weighted by atomic mass is 10.1. The van der Waals surface area contributed by atoms with E-state index in [4.69, 9.17) is 0 Å². The highest BCUT2D eigenvalue weighted by molar-refractivity contribution is 5.77. The molecule has 0 radical (unpaired) electrons. The van der Waals surface area contributed by atoms with Crippen molar-refractivity contribution in [2.24, 2.45) is 0 Å². The van der Waals surface area contributed by atoms with Crippen molar-refractivity contribution in [1.82, 2.24) is 14.9 Å². The van der Waals surface area contributed by atoms with Crippen LogP contribution in [0.4, 0.5) is 0 Å². The first-order chi connectivity index (χ1) is 11.6. The van der Waals surface area contributed by atoms with Gasteiger partial charge in [-0.2, -0.15) is 0 Å². The van der Waals surface area contributed by atoms with Crippen molar-refractivity contribution in [3.05, 3.63) is 75.3 Å². The maximum Gasteiger partial charge on any atom is 0.258 e. The van der Waals surface area contributed by atoms with Crippen molar-refractivity contribution in [3.63, 3.8) is 0 Å². The number of aryl methyl sites for hydroxylation is 2. The van der Waals surface area contributed by atoms with Gasteiger partial charge in [0, 0.05) is 6.54 Å². The molecule has 0 bridgehead atoms. The highest BCUT2D eigenvalue weighted by Crippen LogP contribution is 2.15. The van der Waals surface area contributed by atoms with Gasteiger partial charge in [-0.05, 0) is 43.7 Å². The summed E-state index contributed by atoms with van der Waals surface area (Å²) in [5.74, 6) is 0.714. The Balaban J connectivity index is 1.85. The van der Waals surface area contributed by atoms with Gasteiger partial charge in [0.1, 0.15) is 5.82 Å². The Morgan fingerprint density at radius 3 is 2.67 bits per heavy atom. The van der Waals surface area contributed by atoms with E-state index in [-0.39, 0.29) is 5.56 Å². The van der Waals surface area contributed by atoms with Crippen LogP contribution in [0.25, 0.3) is 10.9 Å². The van der Waals surface area contributed by atoms with Gasteiger partial charge in [-0.1, -0.05) is 42.8 Å². The fourth-order valence-electron chi connectivity index (χ4n) is 2.91. The van der Waals surface area contributed by atoms with Crippen LogP contribution in [-0.2, 0) is 13.1 Å². The van der Waals surface area contributed by atoms with Gasteiger partial charge in [-0.3, -0.25) is 9.69 Å². The number of nitrogens with zero attached hydrogens (tertiary/aromatic N) is 2. The molecule has 1 aromatic heterocycles. The zero-order valence-corrected chi connectivity index (χ0v) is 14.5. The Kier molecular flexibility index (Phi) is 4.76. The van der Waals surface area contributed by atoms with E-state index in [0.717, 1.165) is 18.6 Å². The molecule has 2 aromatic carbocycles. The highest BCUT2D eigenvalue weighted by atomic mass is 16.1. The van der Waals surface area contributed by atoms with Crippen molar-refractivity contribution in [2.75, 3.05) is 6.54 Å². The number of benzene rings is 2. The Hall–Kier alpha value is -2.46. The summed E-state index contributed by atoms with van der Waals surface area (Å²) in [5, 5.41) is 0.638. The number of hydrogen-bond acceptors (Lipinski definition) is 3. The molecule has 3 aromatic rings. The molecule has 0 unspecified atom stereocenters. The van der Waals surface area contributed by atoms with E-state index < -0.39 is 0 Å². The zero-order valence-electron chi connectivity index (χ0n) is 14.5. The predicted octanol–water partition coefficient (Wildman–Crippen LogP) is 3.56. The molecular weight excluding hydrogens is 298 g/mol. The molecule has 0 spiro atoms. The lowest BCUT2D eigenvalue weighted by molar-refractivity contribution is 0.264. The molecule has 0 aliphatic rings. The summed E-state index contributed by atoms with van der Waals surface area (Å²) in [7, 11) is 0. The van der Waals surface area contributed by atoms with Crippen molar-refractivity contribution in [3.8, 4) is 0 Å². The molecule has 0 fully saturated rings. The molecule has 4 heteroatoms. The summed E-state index contributed by atoms with van der Waals surface area (Å²) in [5.41, 5.74) is 4.56. The molecule has 0 aliphatic carbocycles. The van der Waals surface area contributed by atoms with Crippen molar-refractivity contribution >= 4 is 10.9 Å². The van der Waals surface area contributed by atoms with Gasteiger partial charge in [0.05, 0.1) is 17.4 Å². The van der Waals surface area contributed by atoms with Crippen LogP contribution in [0.5, 0.6) is 0 Å². The summed E-state index contributed by atoms with van der Waals surface area (Å²) in [6.45, 7) is 8.75. The van der Waals surface area contributed by atoms with Gasteiger partial charge in [0.25, 0.3) is 5.56 Å². The fraction of sp³-hybridized carbons (Fsp3) is 0.300. The van der Waals surface area contributed by atoms with E-state index in [1.165, 1.54) is 16.7 Å². The molecule has 0 atom stereocenters. The summed E-state index contributed by atoms with van der Waals surface area (Å²) in [6, 6.07) is 14.0. The van der Waals surface area contributed by atoms with E-state index in [1.807, 2.05) is 18.2 Å². The average molecular weight is 321 g/mol. The van der Waals surface area contributed by atoms with E-state index in [2.05, 4.69) is 53.8 Å². The van der Waals surface area contributed by atoms with Crippen LogP contribution < -0.4 is 5.56 Å². The van der Waals surface area contributed by atoms with Gasteiger partial charge in [0.15, 0.2) is 0 Å². The maximum absolute atomic E-state index is 12.2. The minimum atomic E-state index is -0.0709. The molecular formula is C20H23N3O. The lowest BCUT2D eigenvalue weighted by Gasteiger charge is -2.21. The van der Waals surface area contributed by atoms with Gasteiger partial charge in [-0.25, -0.2) is 4.98 Å². The minimum absolute atomic E-state index is 0.0709. The number of aromatic amines is 1. The van der Waals surface area contributed by atoms with Crippen molar-refractivity contribution in [1.29, 1.82) is 0 Å². The molecule has 1 N–H and O–H groups in total. The Labute approximate surface area is 142 Å². The molecule has 0 amide bonds. The van der Waals surface area contributed by atoms with Gasteiger partial charge in [-0.15, -0.1) is 0 Å². The first-order valence-corrected chi connectivity index (χ1v) is 8.33. The smallest absolute Gasteiger partial charge is 0.258 e. The van der Waals surface area contributed by atoms with Crippen LogP contribution in [0.1, 0.15) is 29.4 Å². The molecule has 3 rings (SSSR count). The third kappa shape index (κ3) is 3.54. The Morgan fingerprint density at radius 1 is 1.08 bits per heavy atom. The molecule has 0 aliphatic heterocycles. The summed E-state index contributed by atoms with van der Waals surface area (Å²) in [6.07, 6.45) is 0. The maximum atomic E-state index is 12.2. The highest BCUT2D eigenvalue weighted by Gasteiger charge is 2.10. The number of hydrogen-bond donors (Lipinski definition) is 1.